The summed E-state index contributed by atoms with van der Waals surface area (Å²) >= 11 is 5.21. The second-order valence-electron chi connectivity index (χ2n) is 4.23. The smallest absolute Gasteiger partial charge is 0.305 e. The number of hydrogen-bond donors (Lipinski definition) is 1. The van der Waals surface area contributed by atoms with Crippen LogP contribution in [0.15, 0.2) is 6.20 Å². The van der Waals surface area contributed by atoms with Crippen molar-refractivity contribution in [1.82, 2.24) is 9.55 Å². The lowest BCUT2D eigenvalue weighted by molar-refractivity contribution is -0.143. The number of aromatic nitrogens is 2. The van der Waals surface area contributed by atoms with Gasteiger partial charge < -0.3 is 14.3 Å². The molecule has 0 unspecified atom stereocenters. The van der Waals surface area contributed by atoms with Gasteiger partial charge in [-0.3, -0.25) is 4.79 Å². The number of ether oxygens (including phenoxy) is 1. The Hall–Kier alpha value is -1.10. The zero-order valence-electron chi connectivity index (χ0n) is 10.7. The zero-order chi connectivity index (χ0) is 12.8. The van der Waals surface area contributed by atoms with Crippen LogP contribution in [0.3, 0.4) is 0 Å². The molecule has 5 heteroatoms. The summed E-state index contributed by atoms with van der Waals surface area (Å²) in [5.74, 6) is 0.284. The fourth-order valence-electron chi connectivity index (χ4n) is 1.73. The van der Waals surface area contributed by atoms with E-state index in [9.17, 15) is 4.79 Å². The van der Waals surface area contributed by atoms with Crippen molar-refractivity contribution in [3.63, 3.8) is 0 Å². The fraction of sp³-hybridized carbons (Fsp3) is 0.667. The number of imidazole rings is 1. The van der Waals surface area contributed by atoms with E-state index in [4.69, 9.17) is 17.0 Å². The Morgan fingerprint density at radius 3 is 2.88 bits per heavy atom. The Labute approximate surface area is 107 Å². The van der Waals surface area contributed by atoms with Gasteiger partial charge in [0.25, 0.3) is 0 Å². The standard InChI is InChI=1S/C12H20N2O2S/c1-4-16-11(15)6-5-7-14-10(9(2)3)8-13-12(14)17/h8-9H,4-7H2,1-3H3,(H,13,17). The van der Waals surface area contributed by atoms with Gasteiger partial charge in [0.1, 0.15) is 0 Å². The third-order valence-electron chi connectivity index (χ3n) is 2.56. The molecule has 0 saturated carbocycles. The number of carbonyl (C=O) groups is 1. The van der Waals surface area contributed by atoms with Crippen LogP contribution in [0.2, 0.25) is 0 Å². The highest BCUT2D eigenvalue weighted by atomic mass is 32.1. The van der Waals surface area contributed by atoms with Crippen LogP contribution < -0.4 is 0 Å². The van der Waals surface area contributed by atoms with Gasteiger partial charge in [-0.25, -0.2) is 0 Å². The summed E-state index contributed by atoms with van der Waals surface area (Å²) in [6.45, 7) is 7.27. The highest BCUT2D eigenvalue weighted by Gasteiger charge is 2.08. The summed E-state index contributed by atoms with van der Waals surface area (Å²) in [5.41, 5.74) is 1.18. The van der Waals surface area contributed by atoms with Crippen LogP contribution in [0, 0.1) is 4.77 Å². The lowest BCUT2D eigenvalue weighted by Crippen LogP contribution is -2.08. The van der Waals surface area contributed by atoms with E-state index in [1.165, 1.54) is 5.69 Å². The Morgan fingerprint density at radius 2 is 2.29 bits per heavy atom. The quantitative estimate of drug-likeness (QED) is 0.628. The lowest BCUT2D eigenvalue weighted by atomic mass is 10.1. The van der Waals surface area contributed by atoms with E-state index in [1.807, 2.05) is 13.1 Å². The second kappa shape index (κ2) is 6.59. The van der Waals surface area contributed by atoms with Gasteiger partial charge in [0, 0.05) is 24.9 Å². The maximum absolute atomic E-state index is 11.2. The van der Waals surface area contributed by atoms with Gasteiger partial charge >= 0.3 is 5.97 Å². The summed E-state index contributed by atoms with van der Waals surface area (Å²) in [5, 5.41) is 0. The van der Waals surface area contributed by atoms with Gasteiger partial charge in [0.15, 0.2) is 4.77 Å². The van der Waals surface area contributed by atoms with E-state index >= 15 is 0 Å². The summed E-state index contributed by atoms with van der Waals surface area (Å²) in [7, 11) is 0. The molecule has 0 aliphatic heterocycles. The molecule has 0 fully saturated rings. The maximum Gasteiger partial charge on any atom is 0.305 e. The molecule has 0 aliphatic rings. The molecule has 1 rings (SSSR count). The van der Waals surface area contributed by atoms with E-state index in [1.54, 1.807) is 0 Å². The average molecular weight is 256 g/mol. The lowest BCUT2D eigenvalue weighted by Gasteiger charge is -2.10. The summed E-state index contributed by atoms with van der Waals surface area (Å²) in [6, 6.07) is 0. The maximum atomic E-state index is 11.2. The normalized spacial score (nSPS) is 10.8. The second-order valence-corrected chi connectivity index (χ2v) is 4.62. The van der Waals surface area contributed by atoms with E-state index in [0.29, 0.717) is 18.9 Å². The van der Waals surface area contributed by atoms with Crippen LogP contribution in [-0.4, -0.2) is 22.1 Å². The van der Waals surface area contributed by atoms with E-state index in [-0.39, 0.29) is 5.97 Å². The van der Waals surface area contributed by atoms with Gasteiger partial charge in [-0.1, -0.05) is 13.8 Å². The molecule has 0 aliphatic carbocycles. The number of rotatable bonds is 6. The Morgan fingerprint density at radius 1 is 1.59 bits per heavy atom. The molecule has 0 aromatic carbocycles. The first-order valence-corrected chi connectivity index (χ1v) is 6.40. The van der Waals surface area contributed by atoms with Gasteiger partial charge in [-0.15, -0.1) is 0 Å². The van der Waals surface area contributed by atoms with Crippen molar-refractivity contribution in [2.45, 2.75) is 46.1 Å². The van der Waals surface area contributed by atoms with E-state index in [2.05, 4.69) is 23.4 Å². The molecular weight excluding hydrogens is 236 g/mol. The molecule has 1 heterocycles. The Balaban J connectivity index is 2.54. The largest absolute Gasteiger partial charge is 0.466 e. The predicted molar refractivity (Wildman–Crippen MR) is 69.6 cm³/mol. The van der Waals surface area contributed by atoms with Crippen LogP contribution in [0.1, 0.15) is 45.2 Å². The zero-order valence-corrected chi connectivity index (χ0v) is 11.5. The number of H-pyrrole nitrogens is 1. The van der Waals surface area contributed by atoms with Crippen molar-refractivity contribution in [2.75, 3.05) is 6.61 Å². The molecule has 1 N–H and O–H groups in total. The minimum Gasteiger partial charge on any atom is -0.466 e. The molecule has 1 aromatic heterocycles. The average Bonchev–Trinajstić information content (AvgIpc) is 2.61. The molecule has 0 spiro atoms. The number of carbonyl (C=O) groups excluding carboxylic acids is 1. The molecule has 0 radical (unpaired) electrons. The SMILES string of the molecule is CCOC(=O)CCCn1c(C(C)C)c[nH]c1=S. The first-order chi connectivity index (χ1) is 8.06. The molecule has 0 saturated heterocycles. The summed E-state index contributed by atoms with van der Waals surface area (Å²) in [4.78, 5) is 14.3. The van der Waals surface area contributed by atoms with E-state index < -0.39 is 0 Å². The van der Waals surface area contributed by atoms with Crippen LogP contribution in [0.4, 0.5) is 0 Å². The molecule has 17 heavy (non-hydrogen) atoms. The van der Waals surface area contributed by atoms with Gasteiger partial charge in [0.05, 0.1) is 6.61 Å². The highest BCUT2D eigenvalue weighted by Crippen LogP contribution is 2.15. The van der Waals surface area contributed by atoms with Crippen molar-refractivity contribution < 1.29 is 9.53 Å². The van der Waals surface area contributed by atoms with Crippen LogP contribution >= 0.6 is 12.2 Å². The topological polar surface area (TPSA) is 47.0 Å². The fourth-order valence-corrected chi connectivity index (χ4v) is 1.99. The first kappa shape index (κ1) is 14.0. The highest BCUT2D eigenvalue weighted by molar-refractivity contribution is 7.71. The predicted octanol–water partition coefficient (Wildman–Crippen LogP) is 3.01. The molecule has 96 valence electrons. The number of hydrogen-bond acceptors (Lipinski definition) is 3. The molecule has 0 atom stereocenters. The number of nitrogens with one attached hydrogen (secondary N) is 1. The summed E-state index contributed by atoms with van der Waals surface area (Å²) < 4.78 is 7.66. The number of nitrogens with zero attached hydrogens (tertiary/aromatic N) is 1. The van der Waals surface area contributed by atoms with Crippen molar-refractivity contribution in [3.8, 4) is 0 Å². The van der Waals surface area contributed by atoms with Crippen molar-refractivity contribution in [3.05, 3.63) is 16.7 Å². The van der Waals surface area contributed by atoms with Crippen molar-refractivity contribution in [2.24, 2.45) is 0 Å². The number of aromatic amines is 1. The third-order valence-corrected chi connectivity index (χ3v) is 2.90. The molecule has 0 amide bonds. The van der Waals surface area contributed by atoms with Gasteiger partial charge in [0.2, 0.25) is 0 Å². The monoisotopic (exact) mass is 256 g/mol. The molecule has 0 bridgehead atoms. The Kier molecular flexibility index (Phi) is 5.41. The minimum absolute atomic E-state index is 0.138. The van der Waals surface area contributed by atoms with Gasteiger partial charge in [-0.2, -0.15) is 0 Å². The number of esters is 1. The van der Waals surface area contributed by atoms with Crippen molar-refractivity contribution in [1.29, 1.82) is 0 Å². The van der Waals surface area contributed by atoms with Crippen LogP contribution in [-0.2, 0) is 16.1 Å². The minimum atomic E-state index is -0.138. The summed E-state index contributed by atoms with van der Waals surface area (Å²) in [6.07, 6.45) is 3.14. The third kappa shape index (κ3) is 4.00. The first-order valence-electron chi connectivity index (χ1n) is 6.00. The van der Waals surface area contributed by atoms with Crippen LogP contribution in [0.25, 0.3) is 0 Å². The molecule has 1 aromatic rings. The van der Waals surface area contributed by atoms with Crippen molar-refractivity contribution >= 4 is 18.2 Å². The molecular formula is C12H20N2O2S. The van der Waals surface area contributed by atoms with Gasteiger partial charge in [-0.05, 0) is 31.5 Å². The Bertz CT molecular complexity index is 420. The molecule has 4 nitrogen and oxygen atoms in total. The van der Waals surface area contributed by atoms with Crippen LogP contribution in [0.5, 0.6) is 0 Å². The van der Waals surface area contributed by atoms with E-state index in [0.717, 1.165) is 17.7 Å².